The fourth-order valence-electron chi connectivity index (χ4n) is 4.14. The number of likely N-dealkylation sites (tertiary alicyclic amines) is 1. The van der Waals surface area contributed by atoms with Gasteiger partial charge in [0, 0.05) is 13.1 Å². The van der Waals surface area contributed by atoms with Crippen molar-refractivity contribution < 1.29 is 14.7 Å². The molecule has 0 aromatic heterocycles. The van der Waals surface area contributed by atoms with Crippen LogP contribution in [0.25, 0.3) is 0 Å². The Morgan fingerprint density at radius 2 is 1.97 bits per heavy atom. The molecule has 2 aromatic carbocycles. The van der Waals surface area contributed by atoms with Crippen molar-refractivity contribution in [3.63, 3.8) is 0 Å². The van der Waals surface area contributed by atoms with Crippen molar-refractivity contribution in [2.75, 3.05) is 13.1 Å². The van der Waals surface area contributed by atoms with Gasteiger partial charge in [-0.2, -0.15) is 0 Å². The number of hydrogen-bond donors (Lipinski definition) is 5. The van der Waals surface area contributed by atoms with Crippen LogP contribution in [0, 0.1) is 5.41 Å². The highest BCUT2D eigenvalue weighted by atomic mass is 16.3. The lowest BCUT2D eigenvalue weighted by molar-refractivity contribution is -0.140. The number of nitrogens with one attached hydrogen (secondary N) is 3. The standard InChI is InChI=1S/C25H33N5O3/c1-2-12-28-20(14-17-7-4-3-5-8-17)25(33)30-13-6-9-21(30)24(32)29-16-18-10-11-19(23(26)27)22(31)15-18/h3-5,7-8,10-11,15,20-21,28,31H,2,6,9,12-14,16H2,1H3,(H3,26,27)(H,29,32)/t20-,21+/m1/s1. The molecule has 1 aliphatic heterocycles. The number of nitrogens with zero attached hydrogens (tertiary/aromatic N) is 1. The summed E-state index contributed by atoms with van der Waals surface area (Å²) < 4.78 is 0. The SMILES string of the molecule is CCCN[C@H](Cc1ccccc1)C(=O)N1CCC[C@H]1C(=O)NCc1ccc(C(=N)N)c(O)c1. The zero-order valence-corrected chi connectivity index (χ0v) is 19.0. The second-order valence-corrected chi connectivity index (χ2v) is 8.37. The van der Waals surface area contributed by atoms with Crippen molar-refractivity contribution in [2.45, 2.75) is 51.2 Å². The number of amidine groups is 1. The molecule has 8 heteroatoms. The molecule has 2 aromatic rings. The number of carbonyl (C=O) groups is 2. The first-order valence-corrected chi connectivity index (χ1v) is 11.4. The van der Waals surface area contributed by atoms with Gasteiger partial charge in [-0.1, -0.05) is 43.3 Å². The summed E-state index contributed by atoms with van der Waals surface area (Å²) in [6.45, 7) is 3.56. The molecule has 0 aliphatic carbocycles. The number of nitrogens with two attached hydrogens (primary N) is 1. The Bertz CT molecular complexity index is 979. The summed E-state index contributed by atoms with van der Waals surface area (Å²) in [5.41, 5.74) is 7.44. The van der Waals surface area contributed by atoms with E-state index in [0.29, 0.717) is 24.9 Å². The summed E-state index contributed by atoms with van der Waals surface area (Å²) in [5, 5.41) is 23.7. The number of nitrogen functional groups attached to an aromatic ring is 1. The third-order valence-corrected chi connectivity index (χ3v) is 5.88. The van der Waals surface area contributed by atoms with Crippen LogP contribution in [0.2, 0.25) is 0 Å². The topological polar surface area (TPSA) is 132 Å². The van der Waals surface area contributed by atoms with Gasteiger partial charge in [0.15, 0.2) is 0 Å². The fourth-order valence-corrected chi connectivity index (χ4v) is 4.14. The van der Waals surface area contributed by atoms with Gasteiger partial charge in [-0.05, 0) is 55.5 Å². The van der Waals surface area contributed by atoms with Crippen LogP contribution >= 0.6 is 0 Å². The van der Waals surface area contributed by atoms with Gasteiger partial charge in [-0.15, -0.1) is 0 Å². The quantitative estimate of drug-likeness (QED) is 0.278. The lowest BCUT2D eigenvalue weighted by atomic mass is 10.0. The summed E-state index contributed by atoms with van der Waals surface area (Å²) in [6.07, 6.45) is 2.89. The average Bonchev–Trinajstić information content (AvgIpc) is 3.30. The Labute approximate surface area is 194 Å². The molecule has 33 heavy (non-hydrogen) atoms. The molecule has 1 heterocycles. The summed E-state index contributed by atoms with van der Waals surface area (Å²) in [4.78, 5) is 28.1. The molecule has 0 radical (unpaired) electrons. The first-order valence-electron chi connectivity index (χ1n) is 11.4. The van der Waals surface area contributed by atoms with E-state index in [0.717, 1.165) is 24.9 Å². The van der Waals surface area contributed by atoms with Gasteiger partial charge in [-0.25, -0.2) is 0 Å². The molecule has 0 bridgehead atoms. The summed E-state index contributed by atoms with van der Waals surface area (Å²) in [6, 6.07) is 13.8. The van der Waals surface area contributed by atoms with E-state index in [2.05, 4.69) is 17.6 Å². The molecular weight excluding hydrogens is 418 g/mol. The van der Waals surface area contributed by atoms with Crippen LogP contribution < -0.4 is 16.4 Å². The van der Waals surface area contributed by atoms with Crippen molar-refractivity contribution in [1.82, 2.24) is 15.5 Å². The number of amides is 2. The number of benzene rings is 2. The number of hydrogen-bond acceptors (Lipinski definition) is 5. The maximum Gasteiger partial charge on any atom is 0.243 e. The van der Waals surface area contributed by atoms with Crippen molar-refractivity contribution in [2.24, 2.45) is 5.73 Å². The lowest BCUT2D eigenvalue weighted by Crippen LogP contribution is -2.53. The monoisotopic (exact) mass is 451 g/mol. The van der Waals surface area contributed by atoms with Gasteiger partial charge in [-0.3, -0.25) is 15.0 Å². The molecule has 3 rings (SSSR count). The Morgan fingerprint density at radius 1 is 1.21 bits per heavy atom. The first kappa shape index (κ1) is 24.3. The largest absolute Gasteiger partial charge is 0.507 e. The summed E-state index contributed by atoms with van der Waals surface area (Å²) in [7, 11) is 0. The normalized spacial score (nSPS) is 16.4. The van der Waals surface area contributed by atoms with E-state index in [1.807, 2.05) is 30.3 Å². The number of phenolic OH excluding ortho intramolecular Hbond substituents is 1. The zero-order chi connectivity index (χ0) is 23.8. The number of phenols is 1. The Morgan fingerprint density at radius 3 is 2.64 bits per heavy atom. The molecule has 0 saturated carbocycles. The molecule has 1 saturated heterocycles. The predicted octanol–water partition coefficient (Wildman–Crippen LogP) is 1.89. The minimum absolute atomic E-state index is 0.0478. The van der Waals surface area contributed by atoms with Crippen LogP contribution in [0.1, 0.15) is 42.9 Å². The van der Waals surface area contributed by atoms with Crippen molar-refractivity contribution in [3.8, 4) is 5.75 Å². The highest BCUT2D eigenvalue weighted by Crippen LogP contribution is 2.21. The highest BCUT2D eigenvalue weighted by Gasteiger charge is 2.36. The van der Waals surface area contributed by atoms with Crippen molar-refractivity contribution in [1.29, 1.82) is 5.41 Å². The van der Waals surface area contributed by atoms with Crippen LogP contribution in [0.3, 0.4) is 0 Å². The van der Waals surface area contributed by atoms with E-state index in [1.165, 1.54) is 6.07 Å². The van der Waals surface area contributed by atoms with E-state index in [-0.39, 0.29) is 41.5 Å². The van der Waals surface area contributed by atoms with Gasteiger partial charge in [0.2, 0.25) is 11.8 Å². The summed E-state index contributed by atoms with van der Waals surface area (Å²) >= 11 is 0. The minimum atomic E-state index is -0.510. The molecule has 2 amide bonds. The predicted molar refractivity (Wildman–Crippen MR) is 128 cm³/mol. The van der Waals surface area contributed by atoms with Gasteiger partial charge in [0.05, 0.1) is 11.6 Å². The molecule has 1 aliphatic rings. The number of rotatable bonds is 10. The maximum atomic E-state index is 13.4. The molecule has 6 N–H and O–H groups in total. The van der Waals surface area contributed by atoms with E-state index in [1.54, 1.807) is 17.0 Å². The van der Waals surface area contributed by atoms with Gasteiger partial charge >= 0.3 is 0 Å². The second kappa shape index (κ2) is 11.5. The number of carbonyl (C=O) groups excluding carboxylic acids is 2. The highest BCUT2D eigenvalue weighted by molar-refractivity contribution is 5.97. The second-order valence-electron chi connectivity index (χ2n) is 8.37. The first-order chi connectivity index (χ1) is 15.9. The Kier molecular flexibility index (Phi) is 8.43. The van der Waals surface area contributed by atoms with Crippen LogP contribution in [-0.2, 0) is 22.6 Å². The van der Waals surface area contributed by atoms with Crippen LogP contribution in [0.5, 0.6) is 5.75 Å². The van der Waals surface area contributed by atoms with Gasteiger partial charge in [0.1, 0.15) is 17.6 Å². The molecule has 2 atom stereocenters. The minimum Gasteiger partial charge on any atom is -0.507 e. The van der Waals surface area contributed by atoms with E-state index >= 15 is 0 Å². The molecule has 8 nitrogen and oxygen atoms in total. The smallest absolute Gasteiger partial charge is 0.243 e. The third kappa shape index (κ3) is 6.32. The van der Waals surface area contributed by atoms with Gasteiger partial charge < -0.3 is 26.4 Å². The summed E-state index contributed by atoms with van der Waals surface area (Å²) in [5.74, 6) is -0.569. The van der Waals surface area contributed by atoms with Crippen LogP contribution in [0.4, 0.5) is 0 Å². The van der Waals surface area contributed by atoms with Crippen molar-refractivity contribution in [3.05, 3.63) is 65.2 Å². The number of aromatic hydroxyl groups is 1. The van der Waals surface area contributed by atoms with Crippen LogP contribution in [-0.4, -0.2) is 52.8 Å². The Balaban J connectivity index is 1.65. The van der Waals surface area contributed by atoms with Crippen LogP contribution in [0.15, 0.2) is 48.5 Å². The molecule has 1 fully saturated rings. The molecule has 176 valence electrons. The van der Waals surface area contributed by atoms with Crippen molar-refractivity contribution >= 4 is 17.6 Å². The molecule has 0 unspecified atom stereocenters. The maximum absolute atomic E-state index is 13.4. The van der Waals surface area contributed by atoms with E-state index < -0.39 is 6.04 Å². The Hall–Kier alpha value is -3.39. The third-order valence-electron chi connectivity index (χ3n) is 5.88. The fraction of sp³-hybridized carbons (Fsp3) is 0.400. The lowest BCUT2D eigenvalue weighted by Gasteiger charge is -2.29. The zero-order valence-electron chi connectivity index (χ0n) is 19.0. The molecule has 0 spiro atoms. The van der Waals surface area contributed by atoms with Gasteiger partial charge in [0.25, 0.3) is 0 Å². The molecular formula is C25H33N5O3. The van der Waals surface area contributed by atoms with E-state index in [4.69, 9.17) is 11.1 Å². The average molecular weight is 452 g/mol. The van der Waals surface area contributed by atoms with E-state index in [9.17, 15) is 14.7 Å².